The smallest absolute Gasteiger partial charge is 0.335 e. The molecule has 0 unspecified atom stereocenters. The van der Waals surface area contributed by atoms with Crippen LogP contribution in [-0.2, 0) is 0 Å². The van der Waals surface area contributed by atoms with E-state index in [9.17, 15) is 14.7 Å². The maximum Gasteiger partial charge on any atom is 0.335 e. The molecular formula is C14H9Cl2NO4. The van der Waals surface area contributed by atoms with Crippen LogP contribution < -0.4 is 5.32 Å². The molecule has 0 heterocycles. The summed E-state index contributed by atoms with van der Waals surface area (Å²) >= 11 is 11.6. The first-order valence-electron chi connectivity index (χ1n) is 5.71. The minimum absolute atomic E-state index is 0.0191. The minimum Gasteiger partial charge on any atom is -0.506 e. The number of carboxylic acids is 1. The number of nitrogens with one attached hydrogen (secondary N) is 1. The van der Waals surface area contributed by atoms with Crippen molar-refractivity contribution >= 4 is 40.8 Å². The second-order valence-corrected chi connectivity index (χ2v) is 4.93. The van der Waals surface area contributed by atoms with Crippen LogP contribution in [0.1, 0.15) is 20.7 Å². The second kappa shape index (κ2) is 6.03. The van der Waals surface area contributed by atoms with E-state index in [1.807, 2.05) is 0 Å². The van der Waals surface area contributed by atoms with Crippen molar-refractivity contribution in [1.29, 1.82) is 0 Å². The van der Waals surface area contributed by atoms with E-state index >= 15 is 0 Å². The molecule has 0 aliphatic rings. The van der Waals surface area contributed by atoms with Gasteiger partial charge in [0.2, 0.25) is 0 Å². The molecule has 2 aromatic rings. The third-order valence-corrected chi connectivity index (χ3v) is 3.29. The van der Waals surface area contributed by atoms with Gasteiger partial charge in [-0.25, -0.2) is 4.79 Å². The van der Waals surface area contributed by atoms with Crippen molar-refractivity contribution in [2.75, 3.05) is 5.32 Å². The molecule has 0 aliphatic carbocycles. The Hall–Kier alpha value is -2.24. The van der Waals surface area contributed by atoms with Gasteiger partial charge in [-0.15, -0.1) is 0 Å². The number of halogens is 2. The molecule has 2 rings (SSSR count). The average molecular weight is 326 g/mol. The molecule has 0 fully saturated rings. The third-order valence-electron chi connectivity index (χ3n) is 2.67. The van der Waals surface area contributed by atoms with Gasteiger partial charge in [0.05, 0.1) is 21.3 Å². The van der Waals surface area contributed by atoms with Crippen molar-refractivity contribution in [3.63, 3.8) is 0 Å². The molecule has 0 aromatic heterocycles. The van der Waals surface area contributed by atoms with E-state index in [0.717, 1.165) is 0 Å². The Morgan fingerprint density at radius 3 is 2.14 bits per heavy atom. The van der Waals surface area contributed by atoms with E-state index in [1.54, 1.807) is 0 Å². The number of hydrogen-bond acceptors (Lipinski definition) is 3. The highest BCUT2D eigenvalue weighted by Crippen LogP contribution is 2.26. The fourth-order valence-corrected chi connectivity index (χ4v) is 2.00. The number of amides is 1. The lowest BCUT2D eigenvalue weighted by atomic mass is 10.1. The molecule has 21 heavy (non-hydrogen) atoms. The monoisotopic (exact) mass is 325 g/mol. The van der Waals surface area contributed by atoms with E-state index in [0.29, 0.717) is 0 Å². The number of anilines is 1. The topological polar surface area (TPSA) is 86.6 Å². The lowest BCUT2D eigenvalue weighted by molar-refractivity contribution is 0.0696. The first-order chi connectivity index (χ1) is 9.88. The number of hydrogen-bond donors (Lipinski definition) is 3. The number of aromatic hydroxyl groups is 1. The highest BCUT2D eigenvalue weighted by Gasteiger charge is 2.12. The Morgan fingerprint density at radius 2 is 1.57 bits per heavy atom. The van der Waals surface area contributed by atoms with Crippen LogP contribution in [-0.4, -0.2) is 22.1 Å². The highest BCUT2D eigenvalue weighted by molar-refractivity contribution is 6.34. The summed E-state index contributed by atoms with van der Waals surface area (Å²) in [5.74, 6) is -1.72. The molecule has 0 saturated carbocycles. The van der Waals surface area contributed by atoms with E-state index in [2.05, 4.69) is 5.32 Å². The van der Waals surface area contributed by atoms with E-state index in [1.165, 1.54) is 36.4 Å². The summed E-state index contributed by atoms with van der Waals surface area (Å²) in [5.41, 5.74) is 0.526. The molecule has 0 bridgehead atoms. The lowest BCUT2D eigenvalue weighted by Crippen LogP contribution is -2.12. The van der Waals surface area contributed by atoms with Crippen molar-refractivity contribution < 1.29 is 19.8 Å². The second-order valence-electron chi connectivity index (χ2n) is 4.12. The fourth-order valence-electron chi connectivity index (χ4n) is 1.59. The van der Waals surface area contributed by atoms with Gasteiger partial charge in [0.1, 0.15) is 5.75 Å². The number of rotatable bonds is 3. The predicted octanol–water partition coefficient (Wildman–Crippen LogP) is 3.65. The summed E-state index contributed by atoms with van der Waals surface area (Å²) in [6.07, 6.45) is 0. The molecule has 0 atom stereocenters. The van der Waals surface area contributed by atoms with Crippen LogP contribution in [0, 0.1) is 0 Å². The normalized spacial score (nSPS) is 10.2. The van der Waals surface area contributed by atoms with Gasteiger partial charge in [-0.2, -0.15) is 0 Å². The zero-order chi connectivity index (χ0) is 15.6. The van der Waals surface area contributed by atoms with Crippen LogP contribution in [0.25, 0.3) is 0 Å². The van der Waals surface area contributed by atoms with Crippen molar-refractivity contribution in [1.82, 2.24) is 0 Å². The molecule has 108 valence electrons. The summed E-state index contributed by atoms with van der Waals surface area (Å²) in [6.45, 7) is 0. The van der Waals surface area contributed by atoms with Gasteiger partial charge in [0.15, 0.2) is 0 Å². The summed E-state index contributed by atoms with van der Waals surface area (Å²) < 4.78 is 0. The highest BCUT2D eigenvalue weighted by atomic mass is 35.5. The van der Waals surface area contributed by atoms with Gasteiger partial charge in [-0.1, -0.05) is 23.2 Å². The molecule has 0 saturated heterocycles. The van der Waals surface area contributed by atoms with Gasteiger partial charge >= 0.3 is 5.97 Å². The minimum atomic E-state index is -1.11. The molecule has 0 spiro atoms. The van der Waals surface area contributed by atoms with Gasteiger partial charge < -0.3 is 15.5 Å². The SMILES string of the molecule is O=C(O)c1ccc(NC(=O)c2ccc(O)c(Cl)c2)c(Cl)c1. The maximum absolute atomic E-state index is 12.0. The molecule has 7 heteroatoms. The Morgan fingerprint density at radius 1 is 0.952 bits per heavy atom. The number of aromatic carboxylic acids is 1. The molecule has 5 nitrogen and oxygen atoms in total. The predicted molar refractivity (Wildman–Crippen MR) is 79.5 cm³/mol. The van der Waals surface area contributed by atoms with Crippen LogP contribution >= 0.6 is 23.2 Å². The van der Waals surface area contributed by atoms with Crippen molar-refractivity contribution in [2.24, 2.45) is 0 Å². The van der Waals surface area contributed by atoms with Crippen molar-refractivity contribution in [2.45, 2.75) is 0 Å². The molecule has 3 N–H and O–H groups in total. The number of carbonyl (C=O) groups excluding carboxylic acids is 1. The van der Waals surface area contributed by atoms with Gasteiger partial charge in [-0.3, -0.25) is 4.79 Å². The zero-order valence-corrected chi connectivity index (χ0v) is 11.9. The summed E-state index contributed by atoms with van der Waals surface area (Å²) in [4.78, 5) is 22.8. The molecular weight excluding hydrogens is 317 g/mol. The van der Waals surface area contributed by atoms with E-state index < -0.39 is 11.9 Å². The van der Waals surface area contributed by atoms with E-state index in [4.69, 9.17) is 28.3 Å². The molecule has 1 amide bonds. The van der Waals surface area contributed by atoms with Crippen LogP contribution in [0.4, 0.5) is 5.69 Å². The van der Waals surface area contributed by atoms with Gasteiger partial charge in [0, 0.05) is 5.56 Å². The first-order valence-corrected chi connectivity index (χ1v) is 6.47. The Labute approximate surface area is 129 Å². The summed E-state index contributed by atoms with van der Waals surface area (Å²) in [5, 5.41) is 20.8. The fraction of sp³-hybridized carbons (Fsp3) is 0. The van der Waals surface area contributed by atoms with Crippen molar-refractivity contribution in [3.8, 4) is 5.75 Å². The number of benzene rings is 2. The number of phenols is 1. The summed E-state index contributed by atoms with van der Waals surface area (Å²) in [6, 6.07) is 7.97. The Balaban J connectivity index is 2.23. The Kier molecular flexibility index (Phi) is 4.35. The third kappa shape index (κ3) is 3.45. The lowest BCUT2D eigenvalue weighted by Gasteiger charge is -2.08. The largest absolute Gasteiger partial charge is 0.506 e. The maximum atomic E-state index is 12.0. The standard InChI is InChI=1S/C14H9Cl2NO4/c15-9-6-8(14(20)21)1-3-11(9)17-13(19)7-2-4-12(18)10(16)5-7/h1-6,18H,(H,17,19)(H,20,21). The number of carboxylic acid groups (broad SMARTS) is 1. The van der Waals surface area contributed by atoms with Crippen LogP contribution in [0.2, 0.25) is 10.0 Å². The number of phenolic OH excluding ortho intramolecular Hbond substituents is 1. The van der Waals surface area contributed by atoms with Crippen LogP contribution in [0.15, 0.2) is 36.4 Å². The van der Waals surface area contributed by atoms with Gasteiger partial charge in [-0.05, 0) is 36.4 Å². The first kappa shape index (κ1) is 15.2. The number of carbonyl (C=O) groups is 2. The Bertz CT molecular complexity index is 731. The molecule has 2 aromatic carbocycles. The molecule has 0 radical (unpaired) electrons. The van der Waals surface area contributed by atoms with Gasteiger partial charge in [0.25, 0.3) is 5.91 Å². The average Bonchev–Trinajstić information content (AvgIpc) is 2.43. The summed E-state index contributed by atoms with van der Waals surface area (Å²) in [7, 11) is 0. The van der Waals surface area contributed by atoms with Crippen LogP contribution in [0.5, 0.6) is 5.75 Å². The van der Waals surface area contributed by atoms with E-state index in [-0.39, 0.29) is 32.6 Å². The van der Waals surface area contributed by atoms with Crippen molar-refractivity contribution in [3.05, 3.63) is 57.6 Å². The quantitative estimate of drug-likeness (QED) is 0.803. The van der Waals surface area contributed by atoms with Crippen LogP contribution in [0.3, 0.4) is 0 Å². The zero-order valence-electron chi connectivity index (χ0n) is 10.4. The molecule has 0 aliphatic heterocycles.